The van der Waals surface area contributed by atoms with E-state index in [0.29, 0.717) is 0 Å². The summed E-state index contributed by atoms with van der Waals surface area (Å²) in [7, 11) is 4.21. The fraction of sp³-hybridized carbons (Fsp3) is 0.474. The Morgan fingerprint density at radius 3 is 2.88 bits per heavy atom. The van der Waals surface area contributed by atoms with Gasteiger partial charge in [0.1, 0.15) is 5.82 Å². The number of nitrogens with zero attached hydrogens (tertiary/aromatic N) is 4. The first-order valence-electron chi connectivity index (χ1n) is 8.71. The Morgan fingerprint density at radius 2 is 2.12 bits per heavy atom. The van der Waals surface area contributed by atoms with Gasteiger partial charge >= 0.3 is 0 Å². The third kappa shape index (κ3) is 5.09. The number of allylic oxidation sites excluding steroid dienone is 2. The lowest BCUT2D eigenvalue weighted by atomic mass is 9.94. The summed E-state index contributed by atoms with van der Waals surface area (Å²) in [5.41, 5.74) is 1.13. The maximum Gasteiger partial charge on any atom is 0.191 e. The van der Waals surface area contributed by atoms with Crippen LogP contribution in [0.2, 0.25) is 5.02 Å². The van der Waals surface area contributed by atoms with Crippen molar-refractivity contribution in [3.05, 3.63) is 52.8 Å². The van der Waals surface area contributed by atoms with Crippen molar-refractivity contribution in [1.82, 2.24) is 19.7 Å². The Hall–Kier alpha value is -1.30. The van der Waals surface area contributed by atoms with Crippen LogP contribution in [-0.2, 0) is 19.3 Å². The molecule has 0 saturated heterocycles. The molecule has 0 bridgehead atoms. The molecule has 0 N–H and O–H groups in total. The quantitative estimate of drug-likeness (QED) is 0.524. The van der Waals surface area contributed by atoms with E-state index < -0.39 is 0 Å². The zero-order chi connectivity index (χ0) is 17.6. The Kier molecular flexibility index (Phi) is 6.57. The highest BCUT2D eigenvalue weighted by Crippen LogP contribution is 2.26. The van der Waals surface area contributed by atoms with Crippen LogP contribution in [-0.4, -0.2) is 33.3 Å². The van der Waals surface area contributed by atoms with Gasteiger partial charge in [0.15, 0.2) is 5.16 Å². The van der Waals surface area contributed by atoms with Gasteiger partial charge in [0.2, 0.25) is 0 Å². The minimum Gasteiger partial charge on any atom is -0.308 e. The van der Waals surface area contributed by atoms with Crippen LogP contribution in [0.15, 0.2) is 41.6 Å². The van der Waals surface area contributed by atoms with Crippen LogP contribution < -0.4 is 0 Å². The largest absolute Gasteiger partial charge is 0.308 e. The van der Waals surface area contributed by atoms with Gasteiger partial charge in [-0.1, -0.05) is 53.7 Å². The molecule has 1 aromatic heterocycles. The first-order chi connectivity index (χ1) is 12.1. The van der Waals surface area contributed by atoms with E-state index in [1.165, 1.54) is 19.3 Å². The van der Waals surface area contributed by atoms with Gasteiger partial charge in [-0.2, -0.15) is 0 Å². The Labute approximate surface area is 159 Å². The van der Waals surface area contributed by atoms with Gasteiger partial charge in [-0.05, 0) is 43.9 Å². The summed E-state index contributed by atoms with van der Waals surface area (Å²) in [6.45, 7) is 1.94. The van der Waals surface area contributed by atoms with Gasteiger partial charge in [-0.3, -0.25) is 4.90 Å². The van der Waals surface area contributed by atoms with Crippen molar-refractivity contribution in [2.75, 3.05) is 13.6 Å². The van der Waals surface area contributed by atoms with E-state index in [0.717, 1.165) is 46.3 Å². The molecular formula is C19H25ClN4S. The fourth-order valence-corrected chi connectivity index (χ4v) is 4.35. The highest BCUT2D eigenvalue weighted by atomic mass is 35.5. The summed E-state index contributed by atoms with van der Waals surface area (Å²) in [5, 5.41) is 10.5. The molecular weight excluding hydrogens is 352 g/mol. The standard InChI is InChI=1S/C19H25ClN4S/c1-23(12-15-8-4-3-5-9-15)13-18-21-22-19(24(18)2)25-14-16-10-6-7-11-17(16)20/h3-4,6-7,10-11,15H,5,8-9,12-14H2,1-2H3/t15-/m1/s1. The maximum absolute atomic E-state index is 6.23. The van der Waals surface area contributed by atoms with E-state index in [1.54, 1.807) is 11.8 Å². The molecule has 6 heteroatoms. The van der Waals surface area contributed by atoms with Crippen LogP contribution in [0.4, 0.5) is 0 Å². The van der Waals surface area contributed by atoms with Gasteiger partial charge in [-0.15, -0.1) is 10.2 Å². The highest BCUT2D eigenvalue weighted by molar-refractivity contribution is 7.98. The second-order valence-corrected chi connectivity index (χ2v) is 8.03. The molecule has 0 spiro atoms. The number of hydrogen-bond acceptors (Lipinski definition) is 4. The Balaban J connectivity index is 1.55. The number of aromatic nitrogens is 3. The molecule has 1 aromatic carbocycles. The average Bonchev–Trinajstić information content (AvgIpc) is 2.95. The average molecular weight is 377 g/mol. The molecule has 0 saturated carbocycles. The van der Waals surface area contributed by atoms with Crippen LogP contribution in [0, 0.1) is 5.92 Å². The van der Waals surface area contributed by atoms with Gasteiger partial charge in [-0.25, -0.2) is 0 Å². The van der Waals surface area contributed by atoms with Crippen molar-refractivity contribution in [1.29, 1.82) is 0 Å². The van der Waals surface area contributed by atoms with Crippen LogP contribution in [0.25, 0.3) is 0 Å². The summed E-state index contributed by atoms with van der Waals surface area (Å²) in [6, 6.07) is 7.95. The predicted octanol–water partition coefficient (Wildman–Crippen LogP) is 4.55. The lowest BCUT2D eigenvalue weighted by Gasteiger charge is -2.24. The van der Waals surface area contributed by atoms with E-state index in [1.807, 2.05) is 25.2 Å². The Morgan fingerprint density at radius 1 is 1.28 bits per heavy atom. The summed E-state index contributed by atoms with van der Waals surface area (Å²) in [6.07, 6.45) is 8.31. The van der Waals surface area contributed by atoms with Crippen molar-refractivity contribution in [2.45, 2.75) is 36.7 Å². The van der Waals surface area contributed by atoms with Crippen LogP contribution in [0.5, 0.6) is 0 Å². The van der Waals surface area contributed by atoms with Gasteiger partial charge < -0.3 is 4.57 Å². The summed E-state index contributed by atoms with van der Waals surface area (Å²) >= 11 is 7.90. The van der Waals surface area contributed by atoms with E-state index >= 15 is 0 Å². The molecule has 1 aliphatic rings. The monoisotopic (exact) mass is 376 g/mol. The van der Waals surface area contributed by atoms with E-state index in [4.69, 9.17) is 11.6 Å². The number of benzene rings is 1. The minimum absolute atomic E-state index is 0.761. The summed E-state index contributed by atoms with van der Waals surface area (Å²) < 4.78 is 2.10. The van der Waals surface area contributed by atoms with Crippen molar-refractivity contribution in [3.8, 4) is 0 Å². The molecule has 1 aliphatic carbocycles. The van der Waals surface area contributed by atoms with Crippen molar-refractivity contribution in [2.24, 2.45) is 13.0 Å². The van der Waals surface area contributed by atoms with Crippen LogP contribution >= 0.6 is 23.4 Å². The zero-order valence-corrected chi connectivity index (χ0v) is 16.4. The van der Waals surface area contributed by atoms with Crippen molar-refractivity contribution in [3.63, 3.8) is 0 Å². The highest BCUT2D eigenvalue weighted by Gasteiger charge is 2.16. The number of hydrogen-bond donors (Lipinski definition) is 0. The molecule has 0 unspecified atom stereocenters. The molecule has 0 amide bonds. The zero-order valence-electron chi connectivity index (χ0n) is 14.9. The molecule has 2 aromatic rings. The van der Waals surface area contributed by atoms with Crippen LogP contribution in [0.3, 0.4) is 0 Å². The van der Waals surface area contributed by atoms with Crippen molar-refractivity contribution >= 4 is 23.4 Å². The number of halogens is 1. The van der Waals surface area contributed by atoms with E-state index in [-0.39, 0.29) is 0 Å². The smallest absolute Gasteiger partial charge is 0.191 e. The molecule has 134 valence electrons. The van der Waals surface area contributed by atoms with Gasteiger partial charge in [0.05, 0.1) is 6.54 Å². The third-order valence-electron chi connectivity index (χ3n) is 4.60. The SMILES string of the molecule is CN(Cc1nnc(SCc2ccccc2Cl)n1C)C[C@@H]1CC=CCC1. The lowest BCUT2D eigenvalue weighted by molar-refractivity contribution is 0.251. The topological polar surface area (TPSA) is 34.0 Å². The van der Waals surface area contributed by atoms with Crippen LogP contribution in [0.1, 0.15) is 30.7 Å². The second-order valence-electron chi connectivity index (χ2n) is 6.69. The maximum atomic E-state index is 6.23. The molecule has 3 rings (SSSR count). The number of rotatable bonds is 7. The van der Waals surface area contributed by atoms with Crippen molar-refractivity contribution < 1.29 is 0 Å². The van der Waals surface area contributed by atoms with Gasteiger partial charge in [0, 0.05) is 24.4 Å². The van der Waals surface area contributed by atoms with E-state index in [9.17, 15) is 0 Å². The molecule has 1 heterocycles. The Bertz CT molecular complexity index is 728. The summed E-state index contributed by atoms with van der Waals surface area (Å²) in [5.74, 6) is 2.57. The second kappa shape index (κ2) is 8.88. The fourth-order valence-electron chi connectivity index (χ4n) is 3.14. The number of thioether (sulfide) groups is 1. The minimum atomic E-state index is 0.761. The van der Waals surface area contributed by atoms with Gasteiger partial charge in [0.25, 0.3) is 0 Å². The first-order valence-corrected chi connectivity index (χ1v) is 10.1. The first kappa shape index (κ1) is 18.5. The van der Waals surface area contributed by atoms with E-state index in [2.05, 4.69) is 44.9 Å². The molecule has 0 aliphatic heterocycles. The molecule has 25 heavy (non-hydrogen) atoms. The molecule has 0 fully saturated rings. The molecule has 1 atom stereocenters. The molecule has 0 radical (unpaired) electrons. The normalized spacial score (nSPS) is 17.4. The lowest BCUT2D eigenvalue weighted by Crippen LogP contribution is -2.27. The predicted molar refractivity (Wildman–Crippen MR) is 105 cm³/mol. The summed E-state index contributed by atoms with van der Waals surface area (Å²) in [4.78, 5) is 2.36. The molecule has 4 nitrogen and oxygen atoms in total. The third-order valence-corrected chi connectivity index (χ3v) is 6.04.